The molecule has 2 aliphatic rings. The number of para-hydroxylation sites is 1. The van der Waals surface area contributed by atoms with Crippen LogP contribution in [0.4, 0.5) is 5.69 Å². The van der Waals surface area contributed by atoms with Crippen LogP contribution in [0.25, 0.3) is 10.9 Å². The number of piperidine rings is 1. The minimum atomic E-state index is -0.266. The van der Waals surface area contributed by atoms with E-state index >= 15 is 0 Å². The molecular formula is C32H35N5O2. The fourth-order valence-corrected chi connectivity index (χ4v) is 6.14. The van der Waals surface area contributed by atoms with E-state index in [2.05, 4.69) is 49.8 Å². The number of carbonyl (C=O) groups is 2. The number of pyridine rings is 1. The highest BCUT2D eigenvalue weighted by molar-refractivity contribution is 5.93. The van der Waals surface area contributed by atoms with Gasteiger partial charge in [0.05, 0.1) is 11.8 Å². The molecule has 2 aromatic heterocycles. The van der Waals surface area contributed by atoms with E-state index in [0.29, 0.717) is 32.6 Å². The van der Waals surface area contributed by atoms with Gasteiger partial charge in [-0.25, -0.2) is 0 Å². The Morgan fingerprint density at radius 3 is 2.62 bits per heavy atom. The summed E-state index contributed by atoms with van der Waals surface area (Å²) in [6.45, 7) is 2.50. The van der Waals surface area contributed by atoms with Crippen LogP contribution < -0.4 is 10.6 Å². The summed E-state index contributed by atoms with van der Waals surface area (Å²) in [5.41, 5.74) is 7.01. The van der Waals surface area contributed by atoms with Crippen molar-refractivity contribution in [2.24, 2.45) is 11.8 Å². The van der Waals surface area contributed by atoms with E-state index in [1.54, 1.807) is 12.4 Å². The first-order valence-electron chi connectivity index (χ1n) is 14.0. The van der Waals surface area contributed by atoms with Gasteiger partial charge in [-0.2, -0.15) is 0 Å². The first-order chi connectivity index (χ1) is 19.1. The molecule has 3 heterocycles. The molecule has 1 saturated heterocycles. The highest BCUT2D eigenvalue weighted by atomic mass is 16.2. The number of benzene rings is 2. The quantitative estimate of drug-likeness (QED) is 0.319. The number of aryl methyl sites for hydroxylation is 2. The topological polar surface area (TPSA) is 90.1 Å². The maximum Gasteiger partial charge on any atom is 0.228 e. The van der Waals surface area contributed by atoms with Gasteiger partial charge in [0, 0.05) is 61.4 Å². The second kappa shape index (κ2) is 11.4. The van der Waals surface area contributed by atoms with Crippen LogP contribution in [0.15, 0.2) is 73.2 Å². The van der Waals surface area contributed by atoms with Gasteiger partial charge in [-0.3, -0.25) is 19.5 Å². The smallest absolute Gasteiger partial charge is 0.228 e. The Hall–Kier alpha value is -3.97. The van der Waals surface area contributed by atoms with Gasteiger partial charge < -0.3 is 15.6 Å². The summed E-state index contributed by atoms with van der Waals surface area (Å²) < 4.78 is 0. The van der Waals surface area contributed by atoms with Crippen molar-refractivity contribution < 1.29 is 9.59 Å². The predicted molar refractivity (Wildman–Crippen MR) is 153 cm³/mol. The molecule has 0 bridgehead atoms. The summed E-state index contributed by atoms with van der Waals surface area (Å²) in [7, 11) is 0. The van der Waals surface area contributed by atoms with Gasteiger partial charge in [0.1, 0.15) is 0 Å². The van der Waals surface area contributed by atoms with Gasteiger partial charge >= 0.3 is 0 Å². The number of nitrogens with one attached hydrogen (secondary N) is 3. The van der Waals surface area contributed by atoms with Crippen LogP contribution in [0, 0.1) is 11.8 Å². The lowest BCUT2D eigenvalue weighted by molar-refractivity contribution is -0.130. The third-order valence-electron chi connectivity index (χ3n) is 8.16. The lowest BCUT2D eigenvalue weighted by atomic mass is 9.87. The number of nitrogens with zero attached hydrogens (tertiary/aromatic N) is 2. The van der Waals surface area contributed by atoms with E-state index in [1.165, 1.54) is 28.5 Å². The number of aromatic amines is 1. The third kappa shape index (κ3) is 5.88. The molecule has 2 atom stereocenters. The lowest BCUT2D eigenvalue weighted by Gasteiger charge is -2.36. The van der Waals surface area contributed by atoms with Crippen LogP contribution in [0.3, 0.4) is 0 Å². The van der Waals surface area contributed by atoms with Gasteiger partial charge in [-0.15, -0.1) is 0 Å². The van der Waals surface area contributed by atoms with Gasteiger partial charge in [-0.1, -0.05) is 24.3 Å². The van der Waals surface area contributed by atoms with Crippen LogP contribution in [0.2, 0.25) is 0 Å². The number of likely N-dealkylation sites (tertiary alicyclic amines) is 1. The lowest BCUT2D eigenvalue weighted by Crippen LogP contribution is -2.49. The summed E-state index contributed by atoms with van der Waals surface area (Å²) in [4.78, 5) is 36.5. The predicted octanol–water partition coefficient (Wildman–Crippen LogP) is 4.49. The van der Waals surface area contributed by atoms with Crippen molar-refractivity contribution in [2.45, 2.75) is 38.6 Å². The van der Waals surface area contributed by atoms with Crippen molar-refractivity contribution in [1.29, 1.82) is 0 Å². The van der Waals surface area contributed by atoms with Crippen LogP contribution in [0.1, 0.15) is 35.1 Å². The highest BCUT2D eigenvalue weighted by Gasteiger charge is 2.35. The molecule has 200 valence electrons. The number of amides is 2. The molecule has 2 amide bonds. The molecule has 2 aromatic carbocycles. The summed E-state index contributed by atoms with van der Waals surface area (Å²) in [6.07, 6.45) is 10.3. The zero-order valence-corrected chi connectivity index (χ0v) is 22.2. The molecule has 3 N–H and O–H groups in total. The summed E-state index contributed by atoms with van der Waals surface area (Å²) >= 11 is 0. The Labute approximate surface area is 229 Å². The van der Waals surface area contributed by atoms with Crippen molar-refractivity contribution in [3.8, 4) is 0 Å². The Balaban J connectivity index is 1.12. The van der Waals surface area contributed by atoms with Gasteiger partial charge in [0.25, 0.3) is 0 Å². The molecule has 6 rings (SSSR count). The van der Waals surface area contributed by atoms with Crippen molar-refractivity contribution in [1.82, 2.24) is 20.2 Å². The van der Waals surface area contributed by atoms with E-state index < -0.39 is 0 Å². The summed E-state index contributed by atoms with van der Waals surface area (Å²) in [6, 6.07) is 18.5. The van der Waals surface area contributed by atoms with Crippen molar-refractivity contribution in [2.75, 3.05) is 25.0 Å². The van der Waals surface area contributed by atoms with E-state index in [-0.39, 0.29) is 23.7 Å². The average Bonchev–Trinajstić information content (AvgIpc) is 3.60. The number of hydrogen-bond donors (Lipinski definition) is 3. The molecule has 1 fully saturated rings. The Kier molecular flexibility index (Phi) is 7.41. The molecule has 4 aromatic rings. The van der Waals surface area contributed by atoms with Gasteiger partial charge in [0.2, 0.25) is 11.8 Å². The number of H-pyrrole nitrogens is 1. The Morgan fingerprint density at radius 2 is 1.74 bits per heavy atom. The summed E-state index contributed by atoms with van der Waals surface area (Å²) in [5, 5.41) is 7.50. The SMILES string of the molecule is O=C(NCCc1c[nH]c2ccccc12)[C@H]1C[C@@H](C(=O)Nc2ccc3c(c2)CCC3)CN(Cc2ccncc2)C1. The zero-order chi connectivity index (χ0) is 26.6. The molecule has 0 radical (unpaired) electrons. The first-order valence-corrected chi connectivity index (χ1v) is 14.0. The minimum absolute atomic E-state index is 0.0102. The van der Waals surface area contributed by atoms with Gasteiger partial charge in [0.15, 0.2) is 0 Å². The second-order valence-corrected chi connectivity index (χ2v) is 10.9. The monoisotopic (exact) mass is 521 g/mol. The zero-order valence-electron chi connectivity index (χ0n) is 22.2. The minimum Gasteiger partial charge on any atom is -0.361 e. The fraction of sp³-hybridized carbons (Fsp3) is 0.344. The number of rotatable bonds is 8. The van der Waals surface area contributed by atoms with Crippen molar-refractivity contribution in [3.63, 3.8) is 0 Å². The second-order valence-electron chi connectivity index (χ2n) is 10.9. The molecule has 39 heavy (non-hydrogen) atoms. The fourth-order valence-electron chi connectivity index (χ4n) is 6.14. The normalized spacial score (nSPS) is 19.1. The van der Waals surface area contributed by atoms with Crippen LogP contribution in [0.5, 0.6) is 0 Å². The van der Waals surface area contributed by atoms with Gasteiger partial charge in [-0.05, 0) is 84.7 Å². The van der Waals surface area contributed by atoms with Crippen molar-refractivity contribution in [3.05, 3.63) is 95.4 Å². The van der Waals surface area contributed by atoms with Crippen molar-refractivity contribution >= 4 is 28.4 Å². The van der Waals surface area contributed by atoms with Crippen LogP contribution in [-0.4, -0.2) is 46.3 Å². The molecule has 0 saturated carbocycles. The molecule has 0 spiro atoms. The maximum atomic E-state index is 13.4. The molecule has 7 heteroatoms. The number of hydrogen-bond acceptors (Lipinski definition) is 4. The number of fused-ring (bicyclic) bond motifs is 2. The number of carbonyl (C=O) groups excluding carboxylic acids is 2. The van der Waals surface area contributed by atoms with E-state index in [4.69, 9.17) is 0 Å². The standard InChI is InChI=1S/C32H35N5O2/c38-31(34-15-12-25-18-35-30-7-2-1-6-29(25)30)26-16-27(21-37(20-26)19-22-10-13-33-14-11-22)32(39)36-28-9-8-23-4-3-5-24(23)17-28/h1-2,6-11,13-14,17-18,26-27,35H,3-5,12,15-16,19-21H2,(H,34,38)(H,36,39)/t26-,27+/m0/s1. The molecule has 1 aliphatic carbocycles. The number of aromatic nitrogens is 2. The highest BCUT2D eigenvalue weighted by Crippen LogP contribution is 2.28. The van der Waals surface area contributed by atoms with E-state index in [1.807, 2.05) is 36.5 Å². The first kappa shape index (κ1) is 25.3. The molecule has 0 unspecified atom stereocenters. The Morgan fingerprint density at radius 1 is 0.949 bits per heavy atom. The van der Waals surface area contributed by atoms with Crippen LogP contribution >= 0.6 is 0 Å². The van der Waals surface area contributed by atoms with E-state index in [9.17, 15) is 9.59 Å². The maximum absolute atomic E-state index is 13.4. The number of anilines is 1. The molecule has 7 nitrogen and oxygen atoms in total. The third-order valence-corrected chi connectivity index (χ3v) is 8.16. The van der Waals surface area contributed by atoms with E-state index in [0.717, 1.165) is 36.0 Å². The average molecular weight is 522 g/mol. The summed E-state index contributed by atoms with van der Waals surface area (Å²) in [5.74, 6) is -0.508. The molecular weight excluding hydrogens is 486 g/mol. The molecule has 1 aliphatic heterocycles. The van der Waals surface area contributed by atoms with Crippen LogP contribution in [-0.2, 0) is 35.4 Å². The Bertz CT molecular complexity index is 1460. The largest absolute Gasteiger partial charge is 0.361 e.